The zero-order valence-electron chi connectivity index (χ0n) is 20.1. The topological polar surface area (TPSA) is 87.3 Å². The van der Waals surface area contributed by atoms with Crippen LogP contribution in [0.15, 0.2) is 81.9 Å². The number of aliphatic hydroxyl groups is 1. The van der Waals surface area contributed by atoms with Gasteiger partial charge >= 0.3 is 0 Å². The third kappa shape index (κ3) is 6.04. The van der Waals surface area contributed by atoms with E-state index in [1.54, 1.807) is 6.08 Å². The molecule has 34 heavy (non-hydrogen) atoms. The normalized spacial score (nSPS) is 17.8. The molecule has 0 radical (unpaired) electrons. The average molecular weight is 481 g/mol. The minimum absolute atomic E-state index is 0.136. The fourth-order valence-corrected chi connectivity index (χ4v) is 4.13. The first-order valence-electron chi connectivity index (χ1n) is 11.2. The highest BCUT2D eigenvalue weighted by Gasteiger charge is 2.31. The molecule has 3 N–H and O–H groups in total. The SMILES string of the molecule is C=C/C(NC1CC1)=C(/C(=N)CO)C(c1ccc(Cl)cc1)N(C)C1=CN(/C(C)=N\N=C)CC(C)=C1. The number of likely N-dealkylation sites (N-methyl/N-ethyl adjacent to an activating group) is 1. The Balaban J connectivity index is 2.16. The summed E-state index contributed by atoms with van der Waals surface area (Å²) >= 11 is 6.19. The van der Waals surface area contributed by atoms with Crippen molar-refractivity contribution in [3.05, 3.63) is 82.3 Å². The number of hydrogen-bond acceptors (Lipinski definition) is 6. The number of aliphatic hydroxyl groups excluding tert-OH is 1. The Hall–Kier alpha value is -3.16. The number of amidine groups is 1. The summed E-state index contributed by atoms with van der Waals surface area (Å²) in [6, 6.07) is 7.59. The Kier molecular flexibility index (Phi) is 8.47. The van der Waals surface area contributed by atoms with Crippen molar-refractivity contribution in [3.63, 3.8) is 0 Å². The van der Waals surface area contributed by atoms with Gasteiger partial charge in [0.05, 0.1) is 24.1 Å². The van der Waals surface area contributed by atoms with E-state index in [0.29, 0.717) is 23.2 Å². The van der Waals surface area contributed by atoms with Crippen molar-refractivity contribution < 1.29 is 5.11 Å². The van der Waals surface area contributed by atoms with E-state index in [1.165, 1.54) is 0 Å². The van der Waals surface area contributed by atoms with Crippen LogP contribution in [0.5, 0.6) is 0 Å². The lowest BCUT2D eigenvalue weighted by Crippen LogP contribution is -2.35. The molecule has 0 saturated heterocycles. The van der Waals surface area contributed by atoms with Crippen molar-refractivity contribution in [2.75, 3.05) is 20.2 Å². The van der Waals surface area contributed by atoms with Gasteiger partial charge in [-0.15, -0.1) is 5.10 Å². The van der Waals surface area contributed by atoms with Gasteiger partial charge in [0, 0.05) is 48.8 Å². The summed E-state index contributed by atoms with van der Waals surface area (Å²) in [7, 11) is 1.99. The highest BCUT2D eigenvalue weighted by Crippen LogP contribution is 2.36. The molecule has 0 spiro atoms. The fourth-order valence-electron chi connectivity index (χ4n) is 4.00. The second-order valence-corrected chi connectivity index (χ2v) is 9.05. The van der Waals surface area contributed by atoms with E-state index in [2.05, 4.69) is 46.7 Å². The molecule has 0 amide bonds. The molecule has 1 fully saturated rings. The maximum absolute atomic E-state index is 10.0. The molecule has 1 aromatic rings. The molecule has 0 aromatic heterocycles. The number of allylic oxidation sites excluding steroid dienone is 2. The predicted molar refractivity (Wildman–Crippen MR) is 141 cm³/mol. The first kappa shape index (κ1) is 25.5. The van der Waals surface area contributed by atoms with Gasteiger partial charge in [0.2, 0.25) is 0 Å². The summed E-state index contributed by atoms with van der Waals surface area (Å²) in [5, 5.41) is 30.6. The minimum atomic E-state index is -0.381. The smallest absolute Gasteiger partial charge is 0.128 e. The van der Waals surface area contributed by atoms with E-state index in [-0.39, 0.29) is 18.4 Å². The lowest BCUT2D eigenvalue weighted by Gasteiger charge is -2.37. The first-order chi connectivity index (χ1) is 16.3. The summed E-state index contributed by atoms with van der Waals surface area (Å²) < 4.78 is 0. The highest BCUT2D eigenvalue weighted by molar-refractivity contribution is 6.30. The van der Waals surface area contributed by atoms with Crippen LogP contribution in [0.4, 0.5) is 0 Å². The summed E-state index contributed by atoms with van der Waals surface area (Å²) in [5.74, 6) is 0.734. The molecule has 1 aromatic carbocycles. The molecule has 1 saturated carbocycles. The Morgan fingerprint density at radius 2 is 2.06 bits per heavy atom. The minimum Gasteiger partial charge on any atom is -0.390 e. The van der Waals surface area contributed by atoms with E-state index in [4.69, 9.17) is 17.0 Å². The Bertz CT molecular complexity index is 1070. The lowest BCUT2D eigenvalue weighted by atomic mass is 9.91. The molecule has 1 aliphatic carbocycles. The number of rotatable bonds is 10. The zero-order chi connectivity index (χ0) is 24.8. The van der Waals surface area contributed by atoms with Gasteiger partial charge in [-0.2, -0.15) is 5.10 Å². The molecular formula is C26H33ClN6O. The predicted octanol–water partition coefficient (Wildman–Crippen LogP) is 4.65. The van der Waals surface area contributed by atoms with Gasteiger partial charge in [0.1, 0.15) is 5.84 Å². The summed E-state index contributed by atoms with van der Waals surface area (Å²) in [5.41, 5.74) is 4.60. The molecule has 1 aliphatic heterocycles. The quantitative estimate of drug-likeness (QED) is 0.197. The molecule has 1 heterocycles. The van der Waals surface area contributed by atoms with Crippen LogP contribution in [0.1, 0.15) is 38.3 Å². The van der Waals surface area contributed by atoms with Crippen LogP contribution >= 0.6 is 11.6 Å². The molecular weight excluding hydrogens is 448 g/mol. The molecule has 180 valence electrons. The molecule has 3 rings (SSSR count). The monoisotopic (exact) mass is 480 g/mol. The van der Waals surface area contributed by atoms with E-state index < -0.39 is 0 Å². The van der Waals surface area contributed by atoms with Crippen molar-refractivity contribution in [2.45, 2.75) is 38.8 Å². The molecule has 8 heteroatoms. The van der Waals surface area contributed by atoms with Crippen LogP contribution in [0, 0.1) is 5.41 Å². The van der Waals surface area contributed by atoms with Gasteiger partial charge in [-0.25, -0.2) is 0 Å². The van der Waals surface area contributed by atoms with Crippen LogP contribution < -0.4 is 5.32 Å². The number of hydrogen-bond donors (Lipinski definition) is 3. The highest BCUT2D eigenvalue weighted by atomic mass is 35.5. The van der Waals surface area contributed by atoms with Gasteiger partial charge in [0.25, 0.3) is 0 Å². The van der Waals surface area contributed by atoms with E-state index in [1.807, 2.05) is 49.3 Å². The standard InChI is InChI=1S/C26H33ClN6O/c1-6-24(30-21-11-12-21)25(23(28)16-34)26(19-7-9-20(27)10-8-19)32(5)22-13-17(2)14-33(15-22)18(3)31-29-4/h6-10,13,15,21,26,28,30,34H,1,4,11-12,14,16H2,2-3,5H3/b25-24+,28-23?,31-18-. The first-order valence-corrected chi connectivity index (χ1v) is 11.6. The van der Waals surface area contributed by atoms with Crippen LogP contribution in [0.3, 0.4) is 0 Å². The number of benzene rings is 1. The third-order valence-corrected chi connectivity index (χ3v) is 6.15. The second-order valence-electron chi connectivity index (χ2n) is 8.61. The molecule has 1 unspecified atom stereocenters. The van der Waals surface area contributed by atoms with Crippen molar-refractivity contribution in [1.29, 1.82) is 5.41 Å². The molecule has 1 atom stereocenters. The van der Waals surface area contributed by atoms with Gasteiger partial charge in [0.15, 0.2) is 0 Å². The van der Waals surface area contributed by atoms with Gasteiger partial charge in [-0.3, -0.25) is 0 Å². The van der Waals surface area contributed by atoms with Crippen molar-refractivity contribution in [1.82, 2.24) is 15.1 Å². The van der Waals surface area contributed by atoms with Gasteiger partial charge in [-0.1, -0.05) is 35.9 Å². The third-order valence-electron chi connectivity index (χ3n) is 5.90. The maximum Gasteiger partial charge on any atom is 0.128 e. The Labute approximate surface area is 207 Å². The number of halogens is 1. The molecule has 0 bridgehead atoms. The zero-order valence-corrected chi connectivity index (χ0v) is 20.8. The van der Waals surface area contributed by atoms with Crippen molar-refractivity contribution in [2.24, 2.45) is 10.2 Å². The number of nitrogens with one attached hydrogen (secondary N) is 2. The van der Waals surface area contributed by atoms with Crippen LogP contribution in [0.2, 0.25) is 5.02 Å². The number of nitrogens with zero attached hydrogens (tertiary/aromatic N) is 4. The van der Waals surface area contributed by atoms with E-state index in [0.717, 1.165) is 41.2 Å². The van der Waals surface area contributed by atoms with Crippen molar-refractivity contribution >= 4 is 29.9 Å². The summed E-state index contributed by atoms with van der Waals surface area (Å²) in [6.45, 7) is 11.7. The summed E-state index contributed by atoms with van der Waals surface area (Å²) in [4.78, 5) is 4.12. The molecule has 2 aliphatic rings. The largest absolute Gasteiger partial charge is 0.390 e. The molecule has 7 nitrogen and oxygen atoms in total. The second kappa shape index (κ2) is 11.3. The van der Waals surface area contributed by atoms with E-state index in [9.17, 15) is 5.11 Å². The maximum atomic E-state index is 10.0. The average Bonchev–Trinajstić information content (AvgIpc) is 3.65. The summed E-state index contributed by atoms with van der Waals surface area (Å²) in [6.07, 6.45) is 8.04. The van der Waals surface area contributed by atoms with Crippen LogP contribution in [0.25, 0.3) is 0 Å². The van der Waals surface area contributed by atoms with Crippen LogP contribution in [-0.2, 0) is 0 Å². The van der Waals surface area contributed by atoms with E-state index >= 15 is 0 Å². The van der Waals surface area contributed by atoms with Gasteiger partial charge in [-0.05, 0) is 56.5 Å². The van der Waals surface area contributed by atoms with Crippen molar-refractivity contribution in [3.8, 4) is 0 Å². The fraction of sp³-hybridized carbons (Fsp3) is 0.346. The van der Waals surface area contributed by atoms with Crippen LogP contribution in [-0.4, -0.2) is 59.4 Å². The van der Waals surface area contributed by atoms with Gasteiger partial charge < -0.3 is 25.6 Å². The lowest BCUT2D eigenvalue weighted by molar-refractivity contribution is 0.336. The Morgan fingerprint density at radius 3 is 2.62 bits per heavy atom. The Morgan fingerprint density at radius 1 is 1.38 bits per heavy atom.